The third-order valence-electron chi connectivity index (χ3n) is 7.34. The summed E-state index contributed by atoms with van der Waals surface area (Å²) in [6.45, 7) is 9.84. The highest BCUT2D eigenvalue weighted by atomic mass is 16.2. The van der Waals surface area contributed by atoms with Crippen LogP contribution in [0.3, 0.4) is 0 Å². The molecule has 7 nitrogen and oxygen atoms in total. The lowest BCUT2D eigenvalue weighted by molar-refractivity contribution is -0.132. The normalized spacial score (nSPS) is 41.6. The monoisotopic (exact) mass is 391 g/mol. The van der Waals surface area contributed by atoms with E-state index in [1.807, 2.05) is 6.92 Å². The summed E-state index contributed by atoms with van der Waals surface area (Å²) in [6, 6.07) is 1.04. The van der Waals surface area contributed by atoms with Gasteiger partial charge in [-0.25, -0.2) is 5.01 Å². The molecule has 4 rings (SSSR count). The van der Waals surface area contributed by atoms with E-state index in [1.54, 1.807) is 0 Å². The minimum absolute atomic E-state index is 0.00832. The Morgan fingerprint density at radius 1 is 1.25 bits per heavy atom. The van der Waals surface area contributed by atoms with Crippen molar-refractivity contribution < 1.29 is 9.59 Å². The standard InChI is InChI=1S/C21H37N5O2/c1-11(2)26-19-17(10-23-26)15(8-18(25-19)14-5-6-14)20(27)22-9-16-12(3)7-13(4)24-21(16)28/h11-19,23,25H,5-10H2,1-4H3,(H,22,27)(H,24,28). The molecule has 3 heterocycles. The molecule has 0 aromatic heterocycles. The van der Waals surface area contributed by atoms with Gasteiger partial charge in [-0.05, 0) is 58.3 Å². The van der Waals surface area contributed by atoms with Gasteiger partial charge in [0.1, 0.15) is 0 Å². The first kappa shape index (κ1) is 20.1. The maximum Gasteiger partial charge on any atom is 0.225 e. The molecule has 0 bridgehead atoms. The van der Waals surface area contributed by atoms with Crippen molar-refractivity contribution in [1.29, 1.82) is 0 Å². The molecular weight excluding hydrogens is 354 g/mol. The van der Waals surface area contributed by atoms with Crippen LogP contribution in [-0.2, 0) is 9.59 Å². The average Bonchev–Trinajstić information content (AvgIpc) is 3.38. The van der Waals surface area contributed by atoms with Crippen molar-refractivity contribution in [2.75, 3.05) is 13.1 Å². The smallest absolute Gasteiger partial charge is 0.225 e. The predicted octanol–water partition coefficient (Wildman–Crippen LogP) is 0.822. The lowest BCUT2D eigenvalue weighted by Crippen LogP contribution is -2.60. The van der Waals surface area contributed by atoms with Crippen LogP contribution in [0.25, 0.3) is 0 Å². The van der Waals surface area contributed by atoms with Gasteiger partial charge in [-0.15, -0.1) is 0 Å². The number of carbonyl (C=O) groups is 2. The van der Waals surface area contributed by atoms with E-state index in [2.05, 4.69) is 47.2 Å². The lowest BCUT2D eigenvalue weighted by Gasteiger charge is -2.42. The summed E-state index contributed by atoms with van der Waals surface area (Å²) in [5.74, 6) is 1.40. The predicted molar refractivity (Wildman–Crippen MR) is 108 cm³/mol. The number of nitrogens with one attached hydrogen (secondary N) is 4. The molecule has 3 aliphatic heterocycles. The molecule has 1 aliphatic carbocycles. The molecule has 28 heavy (non-hydrogen) atoms. The van der Waals surface area contributed by atoms with Crippen molar-refractivity contribution >= 4 is 11.8 Å². The second kappa shape index (κ2) is 7.92. The fraction of sp³-hybridized carbons (Fsp3) is 0.905. The number of hydrogen-bond donors (Lipinski definition) is 4. The van der Waals surface area contributed by atoms with Gasteiger partial charge in [-0.3, -0.25) is 20.3 Å². The highest BCUT2D eigenvalue weighted by molar-refractivity contribution is 5.83. The maximum absolute atomic E-state index is 13.2. The van der Waals surface area contributed by atoms with Crippen LogP contribution in [0.4, 0.5) is 0 Å². The minimum atomic E-state index is -0.120. The third-order valence-corrected chi connectivity index (χ3v) is 7.34. The number of fused-ring (bicyclic) bond motifs is 1. The van der Waals surface area contributed by atoms with Crippen LogP contribution in [0.15, 0.2) is 0 Å². The zero-order valence-electron chi connectivity index (χ0n) is 17.7. The van der Waals surface area contributed by atoms with E-state index >= 15 is 0 Å². The Labute approximate surface area is 168 Å². The fourth-order valence-electron chi connectivity index (χ4n) is 5.59. The lowest BCUT2D eigenvalue weighted by atomic mass is 9.79. The molecule has 0 aromatic rings. The summed E-state index contributed by atoms with van der Waals surface area (Å²) in [4.78, 5) is 25.6. The number of rotatable bonds is 5. The van der Waals surface area contributed by atoms with Crippen LogP contribution in [0.5, 0.6) is 0 Å². The van der Waals surface area contributed by atoms with Gasteiger partial charge >= 0.3 is 0 Å². The van der Waals surface area contributed by atoms with Gasteiger partial charge in [0, 0.05) is 43.1 Å². The van der Waals surface area contributed by atoms with Gasteiger partial charge in [0.05, 0.1) is 12.1 Å². The molecule has 1 saturated carbocycles. The van der Waals surface area contributed by atoms with E-state index in [4.69, 9.17) is 0 Å². The van der Waals surface area contributed by atoms with Crippen molar-refractivity contribution in [1.82, 2.24) is 26.4 Å². The largest absolute Gasteiger partial charge is 0.355 e. The van der Waals surface area contributed by atoms with Gasteiger partial charge in [0.15, 0.2) is 0 Å². The number of piperidine rings is 2. The van der Waals surface area contributed by atoms with E-state index in [9.17, 15) is 9.59 Å². The highest BCUT2D eigenvalue weighted by Crippen LogP contribution is 2.41. The van der Waals surface area contributed by atoms with Crippen LogP contribution in [0.2, 0.25) is 0 Å². The molecular formula is C21H37N5O2. The van der Waals surface area contributed by atoms with Crippen LogP contribution in [-0.4, -0.2) is 54.2 Å². The molecule has 4 N–H and O–H groups in total. The molecule has 0 spiro atoms. The molecule has 7 atom stereocenters. The average molecular weight is 392 g/mol. The number of carbonyl (C=O) groups excluding carboxylic acids is 2. The van der Waals surface area contributed by atoms with Crippen LogP contribution >= 0.6 is 0 Å². The number of amides is 2. The fourth-order valence-corrected chi connectivity index (χ4v) is 5.59. The maximum atomic E-state index is 13.2. The van der Waals surface area contributed by atoms with Gasteiger partial charge in [-0.1, -0.05) is 6.92 Å². The van der Waals surface area contributed by atoms with E-state index < -0.39 is 0 Å². The quantitative estimate of drug-likeness (QED) is 0.558. The first-order valence-electron chi connectivity index (χ1n) is 11.2. The molecule has 158 valence electrons. The SMILES string of the molecule is CC1CC(C)C(CNC(=O)C2CC(C3CC3)NC3C2CNN3C(C)C)C(=O)N1. The molecule has 2 amide bonds. The van der Waals surface area contributed by atoms with Crippen LogP contribution in [0.1, 0.15) is 53.4 Å². The highest BCUT2D eigenvalue weighted by Gasteiger charge is 2.50. The Morgan fingerprint density at radius 3 is 2.64 bits per heavy atom. The number of hydrogen-bond acceptors (Lipinski definition) is 5. The molecule has 3 saturated heterocycles. The summed E-state index contributed by atoms with van der Waals surface area (Å²) in [5, 5.41) is 12.3. The second-order valence-corrected chi connectivity index (χ2v) is 9.90. The van der Waals surface area contributed by atoms with Gasteiger partial charge in [-0.2, -0.15) is 0 Å². The van der Waals surface area contributed by atoms with E-state index in [-0.39, 0.29) is 41.8 Å². The van der Waals surface area contributed by atoms with Crippen LogP contribution in [0, 0.1) is 29.6 Å². The zero-order valence-corrected chi connectivity index (χ0v) is 17.7. The topological polar surface area (TPSA) is 85.5 Å². The Bertz CT molecular complexity index is 608. The van der Waals surface area contributed by atoms with E-state index in [1.165, 1.54) is 12.8 Å². The van der Waals surface area contributed by atoms with Crippen molar-refractivity contribution in [2.24, 2.45) is 29.6 Å². The Balaban J connectivity index is 1.41. The molecule has 4 aliphatic rings. The molecule has 0 radical (unpaired) electrons. The second-order valence-electron chi connectivity index (χ2n) is 9.90. The molecule has 7 unspecified atom stereocenters. The van der Waals surface area contributed by atoms with Crippen LogP contribution < -0.4 is 21.4 Å². The summed E-state index contributed by atoms with van der Waals surface area (Å²) >= 11 is 0. The summed E-state index contributed by atoms with van der Waals surface area (Å²) in [5.41, 5.74) is 3.51. The van der Waals surface area contributed by atoms with Crippen molar-refractivity contribution in [3.05, 3.63) is 0 Å². The van der Waals surface area contributed by atoms with Crippen molar-refractivity contribution in [3.63, 3.8) is 0 Å². The van der Waals surface area contributed by atoms with Gasteiger partial charge in [0.25, 0.3) is 0 Å². The zero-order chi connectivity index (χ0) is 20.0. The Hall–Kier alpha value is -1.18. The molecule has 0 aromatic carbocycles. The number of hydrazine groups is 1. The van der Waals surface area contributed by atoms with Gasteiger partial charge in [0.2, 0.25) is 11.8 Å². The first-order chi connectivity index (χ1) is 13.3. The van der Waals surface area contributed by atoms with Gasteiger partial charge < -0.3 is 10.6 Å². The third kappa shape index (κ3) is 3.94. The summed E-state index contributed by atoms with van der Waals surface area (Å²) in [6.07, 6.45) is 4.65. The van der Waals surface area contributed by atoms with Crippen molar-refractivity contribution in [3.8, 4) is 0 Å². The minimum Gasteiger partial charge on any atom is -0.355 e. The van der Waals surface area contributed by atoms with E-state index in [0.717, 1.165) is 25.3 Å². The summed E-state index contributed by atoms with van der Waals surface area (Å²) in [7, 11) is 0. The molecule has 4 fully saturated rings. The molecule has 7 heteroatoms. The summed E-state index contributed by atoms with van der Waals surface area (Å²) < 4.78 is 0. The Morgan fingerprint density at radius 2 is 2.00 bits per heavy atom. The van der Waals surface area contributed by atoms with E-state index in [0.29, 0.717) is 24.5 Å². The first-order valence-corrected chi connectivity index (χ1v) is 11.2. The Kier molecular flexibility index (Phi) is 5.69. The van der Waals surface area contributed by atoms with Crippen molar-refractivity contribution in [2.45, 2.75) is 77.7 Å². The number of nitrogens with zero attached hydrogens (tertiary/aromatic N) is 1.